The SMILES string of the molecule is C/C(=N\NC(=O)c1ccc(Cl)cc1Cl)c1ccccc1Cl. The second-order valence-corrected chi connectivity index (χ2v) is 5.49. The minimum Gasteiger partial charge on any atom is -0.267 e. The van der Waals surface area contributed by atoms with Gasteiger partial charge < -0.3 is 0 Å². The van der Waals surface area contributed by atoms with E-state index in [0.717, 1.165) is 5.56 Å². The van der Waals surface area contributed by atoms with E-state index in [9.17, 15) is 4.79 Å². The van der Waals surface area contributed by atoms with Crippen LogP contribution in [0.15, 0.2) is 47.6 Å². The van der Waals surface area contributed by atoms with Gasteiger partial charge in [-0.3, -0.25) is 4.79 Å². The van der Waals surface area contributed by atoms with E-state index in [0.29, 0.717) is 21.3 Å². The minimum absolute atomic E-state index is 0.269. The number of nitrogens with zero attached hydrogens (tertiary/aromatic N) is 1. The van der Waals surface area contributed by atoms with Crippen LogP contribution in [-0.4, -0.2) is 11.6 Å². The smallest absolute Gasteiger partial charge is 0.267 e. The number of hydrogen-bond donors (Lipinski definition) is 1. The monoisotopic (exact) mass is 340 g/mol. The first-order valence-electron chi connectivity index (χ1n) is 6.03. The second-order valence-electron chi connectivity index (χ2n) is 4.24. The first-order chi connectivity index (χ1) is 9.99. The topological polar surface area (TPSA) is 41.5 Å². The third-order valence-corrected chi connectivity index (χ3v) is 3.64. The van der Waals surface area contributed by atoms with Crippen molar-refractivity contribution in [2.75, 3.05) is 0 Å². The fourth-order valence-electron chi connectivity index (χ4n) is 1.68. The molecule has 0 bridgehead atoms. The standard InChI is InChI=1S/C15H11Cl3N2O/c1-9(11-4-2-3-5-13(11)17)19-20-15(21)12-7-6-10(16)8-14(12)18/h2-8H,1H3,(H,20,21)/b19-9+. The highest BCUT2D eigenvalue weighted by molar-refractivity contribution is 6.36. The molecule has 1 N–H and O–H groups in total. The number of benzene rings is 2. The maximum atomic E-state index is 12.0. The zero-order valence-corrected chi connectivity index (χ0v) is 13.3. The molecule has 6 heteroatoms. The molecule has 2 rings (SSSR count). The summed E-state index contributed by atoms with van der Waals surface area (Å²) < 4.78 is 0. The van der Waals surface area contributed by atoms with Gasteiger partial charge in [-0.05, 0) is 31.2 Å². The maximum absolute atomic E-state index is 12.0. The lowest BCUT2D eigenvalue weighted by Crippen LogP contribution is -2.19. The Labute approximate surface area is 137 Å². The highest BCUT2D eigenvalue weighted by Gasteiger charge is 2.10. The number of hydrogen-bond acceptors (Lipinski definition) is 2. The molecule has 0 saturated carbocycles. The normalized spacial score (nSPS) is 11.3. The number of carbonyl (C=O) groups is 1. The number of amides is 1. The number of halogens is 3. The summed E-state index contributed by atoms with van der Waals surface area (Å²) in [7, 11) is 0. The van der Waals surface area contributed by atoms with Gasteiger partial charge in [0.25, 0.3) is 5.91 Å². The molecule has 1 amide bonds. The zero-order valence-electron chi connectivity index (χ0n) is 11.0. The zero-order chi connectivity index (χ0) is 15.4. The molecule has 0 aliphatic heterocycles. The summed E-state index contributed by atoms with van der Waals surface area (Å²) in [6.07, 6.45) is 0. The minimum atomic E-state index is -0.414. The Morgan fingerprint density at radius 3 is 2.38 bits per heavy atom. The quantitative estimate of drug-likeness (QED) is 0.632. The lowest BCUT2D eigenvalue weighted by molar-refractivity contribution is 0.0955. The largest absolute Gasteiger partial charge is 0.272 e. The highest BCUT2D eigenvalue weighted by Crippen LogP contribution is 2.21. The summed E-state index contributed by atoms with van der Waals surface area (Å²) in [5.41, 5.74) is 4.10. The van der Waals surface area contributed by atoms with Crippen molar-refractivity contribution in [3.05, 3.63) is 68.7 Å². The van der Waals surface area contributed by atoms with Crippen LogP contribution in [0.25, 0.3) is 0 Å². The Hall–Kier alpha value is -1.55. The second kappa shape index (κ2) is 6.94. The molecule has 0 spiro atoms. The summed E-state index contributed by atoms with van der Waals surface area (Å²) in [5, 5.41) is 5.34. The van der Waals surface area contributed by atoms with E-state index < -0.39 is 5.91 Å². The van der Waals surface area contributed by atoms with Crippen LogP contribution in [0, 0.1) is 0 Å². The summed E-state index contributed by atoms with van der Waals surface area (Å²) in [6.45, 7) is 1.75. The molecule has 0 saturated heterocycles. The molecule has 0 aliphatic rings. The van der Waals surface area contributed by atoms with E-state index in [1.165, 1.54) is 6.07 Å². The van der Waals surface area contributed by atoms with Gasteiger partial charge >= 0.3 is 0 Å². The molecule has 0 aromatic heterocycles. The van der Waals surface area contributed by atoms with Crippen molar-refractivity contribution in [1.82, 2.24) is 5.43 Å². The third-order valence-electron chi connectivity index (χ3n) is 2.76. The van der Waals surface area contributed by atoms with Gasteiger partial charge in [0.2, 0.25) is 0 Å². The predicted octanol–water partition coefficient (Wildman–Crippen LogP) is 4.80. The van der Waals surface area contributed by atoms with Crippen LogP contribution in [0.5, 0.6) is 0 Å². The average molecular weight is 342 g/mol. The number of hydrazone groups is 1. The molecule has 3 nitrogen and oxygen atoms in total. The van der Waals surface area contributed by atoms with Gasteiger partial charge in [0.05, 0.1) is 16.3 Å². The van der Waals surface area contributed by atoms with Gasteiger partial charge in [-0.15, -0.1) is 0 Å². The van der Waals surface area contributed by atoms with E-state index in [1.807, 2.05) is 18.2 Å². The predicted molar refractivity (Wildman–Crippen MR) is 87.6 cm³/mol. The Bertz CT molecular complexity index is 714. The summed E-state index contributed by atoms with van der Waals surface area (Å²) in [4.78, 5) is 12.0. The molecule has 0 aliphatic carbocycles. The highest BCUT2D eigenvalue weighted by atomic mass is 35.5. The Balaban J connectivity index is 2.17. The van der Waals surface area contributed by atoms with E-state index >= 15 is 0 Å². The van der Waals surface area contributed by atoms with Gasteiger partial charge in [0.1, 0.15) is 0 Å². The van der Waals surface area contributed by atoms with Crippen LogP contribution in [0.3, 0.4) is 0 Å². The van der Waals surface area contributed by atoms with E-state index in [1.54, 1.807) is 25.1 Å². The van der Waals surface area contributed by atoms with E-state index in [2.05, 4.69) is 10.5 Å². The van der Waals surface area contributed by atoms with Gasteiger partial charge in [0, 0.05) is 15.6 Å². The first-order valence-corrected chi connectivity index (χ1v) is 7.17. The van der Waals surface area contributed by atoms with Crippen molar-refractivity contribution in [3.8, 4) is 0 Å². The van der Waals surface area contributed by atoms with Crippen molar-refractivity contribution in [2.24, 2.45) is 5.10 Å². The fourth-order valence-corrected chi connectivity index (χ4v) is 2.45. The van der Waals surface area contributed by atoms with Crippen molar-refractivity contribution in [2.45, 2.75) is 6.92 Å². The maximum Gasteiger partial charge on any atom is 0.272 e. The van der Waals surface area contributed by atoms with Crippen LogP contribution in [-0.2, 0) is 0 Å². The van der Waals surface area contributed by atoms with Gasteiger partial charge in [-0.2, -0.15) is 5.10 Å². The Morgan fingerprint density at radius 1 is 1.00 bits per heavy atom. The number of carbonyl (C=O) groups excluding carboxylic acids is 1. The van der Waals surface area contributed by atoms with Gasteiger partial charge in [-0.1, -0.05) is 53.0 Å². The average Bonchev–Trinajstić information content (AvgIpc) is 2.45. The van der Waals surface area contributed by atoms with Crippen molar-refractivity contribution in [1.29, 1.82) is 0 Å². The molecular weight excluding hydrogens is 331 g/mol. The van der Waals surface area contributed by atoms with E-state index in [-0.39, 0.29) is 5.02 Å². The van der Waals surface area contributed by atoms with Crippen LogP contribution in [0.2, 0.25) is 15.1 Å². The van der Waals surface area contributed by atoms with Crippen molar-refractivity contribution < 1.29 is 4.79 Å². The third kappa shape index (κ3) is 3.97. The van der Waals surface area contributed by atoms with E-state index in [4.69, 9.17) is 34.8 Å². The first kappa shape index (κ1) is 15.8. The van der Waals surface area contributed by atoms with Crippen molar-refractivity contribution in [3.63, 3.8) is 0 Å². The Morgan fingerprint density at radius 2 is 1.71 bits per heavy atom. The molecule has 21 heavy (non-hydrogen) atoms. The molecule has 2 aromatic carbocycles. The molecule has 0 radical (unpaired) electrons. The lowest BCUT2D eigenvalue weighted by Gasteiger charge is -2.06. The number of nitrogens with one attached hydrogen (secondary N) is 1. The molecule has 0 atom stereocenters. The molecule has 0 fully saturated rings. The van der Waals surface area contributed by atoms with Crippen LogP contribution < -0.4 is 5.43 Å². The summed E-state index contributed by atoms with van der Waals surface area (Å²) in [5.74, 6) is -0.414. The molecule has 0 unspecified atom stereocenters. The number of rotatable bonds is 3. The van der Waals surface area contributed by atoms with Crippen LogP contribution >= 0.6 is 34.8 Å². The summed E-state index contributed by atoms with van der Waals surface area (Å²) >= 11 is 17.8. The van der Waals surface area contributed by atoms with Gasteiger partial charge in [0.15, 0.2) is 0 Å². The van der Waals surface area contributed by atoms with Gasteiger partial charge in [-0.25, -0.2) is 5.43 Å². The molecular formula is C15H11Cl3N2O. The lowest BCUT2D eigenvalue weighted by atomic mass is 10.1. The van der Waals surface area contributed by atoms with Crippen LogP contribution in [0.4, 0.5) is 0 Å². The fraction of sp³-hybridized carbons (Fsp3) is 0.0667. The molecule has 108 valence electrons. The van der Waals surface area contributed by atoms with Crippen molar-refractivity contribution >= 4 is 46.4 Å². The molecule has 2 aromatic rings. The molecule has 0 heterocycles. The summed E-state index contributed by atoms with van der Waals surface area (Å²) in [6, 6.07) is 11.9. The Kier molecular flexibility index (Phi) is 5.23. The van der Waals surface area contributed by atoms with Crippen LogP contribution in [0.1, 0.15) is 22.8 Å².